The Morgan fingerprint density at radius 1 is 1.38 bits per heavy atom. The van der Waals surface area contributed by atoms with E-state index in [0.29, 0.717) is 5.92 Å². The zero-order valence-corrected chi connectivity index (χ0v) is 14.4. The number of nitrogens with one attached hydrogen (secondary N) is 2. The zero-order chi connectivity index (χ0) is 16.4. The van der Waals surface area contributed by atoms with Crippen LogP contribution in [0.2, 0.25) is 0 Å². The Balaban J connectivity index is 1.50. The van der Waals surface area contributed by atoms with Crippen molar-refractivity contribution in [1.29, 1.82) is 0 Å². The van der Waals surface area contributed by atoms with Gasteiger partial charge in [-0.1, -0.05) is 12.8 Å². The number of anilines is 1. The second-order valence-corrected chi connectivity index (χ2v) is 7.60. The van der Waals surface area contributed by atoms with Gasteiger partial charge in [0, 0.05) is 42.8 Å². The monoisotopic (exact) mass is 342 g/mol. The summed E-state index contributed by atoms with van der Waals surface area (Å²) in [5.41, 5.74) is 1.98. The third kappa shape index (κ3) is 3.15. The van der Waals surface area contributed by atoms with Crippen molar-refractivity contribution in [2.45, 2.75) is 25.7 Å². The van der Waals surface area contributed by atoms with Crippen molar-refractivity contribution in [1.82, 2.24) is 15.3 Å². The van der Waals surface area contributed by atoms with Crippen LogP contribution < -0.4 is 10.2 Å². The molecular weight excluding hydrogens is 320 g/mol. The lowest BCUT2D eigenvalue weighted by Gasteiger charge is -2.26. The van der Waals surface area contributed by atoms with E-state index in [4.69, 9.17) is 0 Å². The van der Waals surface area contributed by atoms with E-state index in [1.807, 2.05) is 30.7 Å². The molecule has 126 valence electrons. The summed E-state index contributed by atoms with van der Waals surface area (Å²) in [6.45, 7) is 1.71. The summed E-state index contributed by atoms with van der Waals surface area (Å²) < 4.78 is 0. The summed E-state index contributed by atoms with van der Waals surface area (Å²) in [4.78, 5) is 22.9. The quantitative estimate of drug-likeness (QED) is 0.895. The molecule has 0 saturated heterocycles. The molecular formula is C18H22N4OS. The van der Waals surface area contributed by atoms with E-state index in [1.54, 1.807) is 11.8 Å². The topological polar surface area (TPSA) is 61.0 Å². The number of hydrogen-bond acceptors (Lipinski definition) is 4. The Hall–Kier alpha value is -1.95. The van der Waals surface area contributed by atoms with Crippen molar-refractivity contribution in [2.75, 3.05) is 23.7 Å². The third-order valence-corrected chi connectivity index (χ3v) is 5.85. The molecule has 4 rings (SSSR count). The van der Waals surface area contributed by atoms with Crippen molar-refractivity contribution in [3.63, 3.8) is 0 Å². The molecule has 2 N–H and O–H groups in total. The summed E-state index contributed by atoms with van der Waals surface area (Å²) in [6.07, 6.45) is 10.8. The van der Waals surface area contributed by atoms with Gasteiger partial charge in [0.25, 0.3) is 5.91 Å². The van der Waals surface area contributed by atoms with Gasteiger partial charge in [-0.05, 0) is 30.9 Å². The summed E-state index contributed by atoms with van der Waals surface area (Å²) in [6, 6.07) is 4.05. The van der Waals surface area contributed by atoms with E-state index in [-0.39, 0.29) is 5.91 Å². The average molecular weight is 342 g/mol. The van der Waals surface area contributed by atoms with Crippen LogP contribution in [0.3, 0.4) is 0 Å². The fraction of sp³-hybridized carbons (Fsp3) is 0.444. The molecule has 24 heavy (non-hydrogen) atoms. The summed E-state index contributed by atoms with van der Waals surface area (Å²) in [7, 11) is 0. The second-order valence-electron chi connectivity index (χ2n) is 6.47. The predicted molar refractivity (Wildman–Crippen MR) is 98.9 cm³/mol. The molecule has 2 aromatic heterocycles. The lowest BCUT2D eigenvalue weighted by molar-refractivity contribution is -0.117. The first-order chi connectivity index (χ1) is 11.8. The highest BCUT2D eigenvalue weighted by molar-refractivity contribution is 8.04. The molecule has 6 heteroatoms. The lowest BCUT2D eigenvalue weighted by atomic mass is 10.1. The number of nitrogens with zero attached hydrogens (tertiary/aromatic N) is 2. The van der Waals surface area contributed by atoms with Crippen LogP contribution in [-0.2, 0) is 4.79 Å². The summed E-state index contributed by atoms with van der Waals surface area (Å²) in [5.74, 6) is 1.64. The molecule has 0 bridgehead atoms. The number of H-pyrrole nitrogens is 1. The number of fused-ring (bicyclic) bond motifs is 1. The van der Waals surface area contributed by atoms with Gasteiger partial charge in [0.2, 0.25) is 0 Å². The Kier molecular flexibility index (Phi) is 4.47. The highest BCUT2D eigenvalue weighted by atomic mass is 32.2. The number of pyridine rings is 1. The first-order valence-electron chi connectivity index (χ1n) is 8.63. The molecule has 0 spiro atoms. The van der Waals surface area contributed by atoms with Crippen LogP contribution in [0.25, 0.3) is 11.0 Å². The molecule has 0 radical (unpaired) electrons. The van der Waals surface area contributed by atoms with Gasteiger partial charge in [0.1, 0.15) is 5.65 Å². The highest BCUT2D eigenvalue weighted by Crippen LogP contribution is 2.30. The maximum atomic E-state index is 12.5. The maximum Gasteiger partial charge on any atom is 0.259 e. The van der Waals surface area contributed by atoms with Gasteiger partial charge in [0.05, 0.1) is 10.6 Å². The fourth-order valence-electron chi connectivity index (χ4n) is 3.55. The number of hydrogen-bond donors (Lipinski definition) is 2. The average Bonchev–Trinajstić information content (AvgIpc) is 3.30. The highest BCUT2D eigenvalue weighted by Gasteiger charge is 2.21. The number of carbonyl (C=O) groups excluding carboxylic acids is 1. The molecule has 1 fully saturated rings. The molecule has 2 aromatic rings. The van der Waals surface area contributed by atoms with E-state index in [2.05, 4.69) is 20.2 Å². The minimum atomic E-state index is 0.0657. The smallest absolute Gasteiger partial charge is 0.259 e. The number of carbonyl (C=O) groups is 1. The standard InChI is InChI=1S/C18H22N4OS/c23-18(21-11-13-3-1-2-4-13)16-12-22(9-10-24-16)15-6-8-20-17-14(15)5-7-19-17/h5-8,12-13H,1-4,9-11H2,(H,19,20)(H,21,23). The Morgan fingerprint density at radius 2 is 2.25 bits per heavy atom. The molecule has 3 heterocycles. The van der Waals surface area contributed by atoms with Gasteiger partial charge >= 0.3 is 0 Å². The molecule has 1 aliphatic heterocycles. The van der Waals surface area contributed by atoms with Crippen LogP contribution >= 0.6 is 11.8 Å². The third-order valence-electron chi connectivity index (χ3n) is 4.86. The first-order valence-corrected chi connectivity index (χ1v) is 9.61. The van der Waals surface area contributed by atoms with Crippen LogP contribution in [0.1, 0.15) is 25.7 Å². The van der Waals surface area contributed by atoms with E-state index >= 15 is 0 Å². The van der Waals surface area contributed by atoms with Crippen LogP contribution in [0.4, 0.5) is 5.69 Å². The zero-order valence-electron chi connectivity index (χ0n) is 13.6. The molecule has 1 saturated carbocycles. The van der Waals surface area contributed by atoms with Gasteiger partial charge in [-0.3, -0.25) is 4.79 Å². The number of rotatable bonds is 4. The number of amides is 1. The van der Waals surface area contributed by atoms with Crippen LogP contribution in [-0.4, -0.2) is 34.7 Å². The van der Waals surface area contributed by atoms with E-state index < -0.39 is 0 Å². The van der Waals surface area contributed by atoms with Crippen molar-refractivity contribution in [3.05, 3.63) is 35.6 Å². The molecule has 1 aliphatic carbocycles. The Bertz CT molecular complexity index is 763. The normalized spacial score (nSPS) is 18.8. The van der Waals surface area contributed by atoms with Gasteiger partial charge in [-0.25, -0.2) is 4.98 Å². The molecule has 2 aliphatic rings. The van der Waals surface area contributed by atoms with Gasteiger partial charge < -0.3 is 15.2 Å². The molecule has 1 amide bonds. The SMILES string of the molecule is O=C(NCC1CCCC1)C1=CN(c2ccnc3[nH]ccc23)CCS1. The van der Waals surface area contributed by atoms with Crippen molar-refractivity contribution < 1.29 is 4.79 Å². The van der Waals surface area contributed by atoms with E-state index in [9.17, 15) is 4.79 Å². The largest absolute Gasteiger partial charge is 0.351 e. The minimum Gasteiger partial charge on any atom is -0.351 e. The van der Waals surface area contributed by atoms with Crippen LogP contribution in [0.5, 0.6) is 0 Å². The maximum absolute atomic E-state index is 12.5. The number of thioether (sulfide) groups is 1. The van der Waals surface area contributed by atoms with Crippen LogP contribution in [0, 0.1) is 5.92 Å². The lowest BCUT2D eigenvalue weighted by Crippen LogP contribution is -2.32. The van der Waals surface area contributed by atoms with E-state index in [1.165, 1.54) is 25.7 Å². The van der Waals surface area contributed by atoms with Gasteiger partial charge in [-0.2, -0.15) is 0 Å². The summed E-state index contributed by atoms with van der Waals surface area (Å²) >= 11 is 1.64. The fourth-order valence-corrected chi connectivity index (χ4v) is 4.46. The number of aromatic nitrogens is 2. The van der Waals surface area contributed by atoms with Gasteiger partial charge in [-0.15, -0.1) is 11.8 Å². The molecule has 0 unspecified atom stereocenters. The first kappa shape index (κ1) is 15.6. The van der Waals surface area contributed by atoms with Crippen molar-refractivity contribution in [3.8, 4) is 0 Å². The predicted octanol–water partition coefficient (Wildman–Crippen LogP) is 3.26. The molecule has 0 atom stereocenters. The minimum absolute atomic E-state index is 0.0657. The number of aromatic amines is 1. The second kappa shape index (κ2) is 6.89. The Morgan fingerprint density at radius 3 is 3.12 bits per heavy atom. The Labute approximate surface area is 145 Å². The summed E-state index contributed by atoms with van der Waals surface area (Å²) in [5, 5.41) is 4.21. The van der Waals surface area contributed by atoms with Crippen molar-refractivity contribution in [2.24, 2.45) is 5.92 Å². The van der Waals surface area contributed by atoms with Crippen molar-refractivity contribution >= 4 is 34.4 Å². The van der Waals surface area contributed by atoms with Gasteiger partial charge in [0.15, 0.2) is 0 Å². The van der Waals surface area contributed by atoms with Crippen LogP contribution in [0.15, 0.2) is 35.6 Å². The van der Waals surface area contributed by atoms with E-state index in [0.717, 1.165) is 40.5 Å². The molecule has 0 aromatic carbocycles. The molecule has 5 nitrogen and oxygen atoms in total.